The average molecular weight is 408 g/mol. The summed E-state index contributed by atoms with van der Waals surface area (Å²) in [4.78, 5) is 15.4. The molecule has 1 aliphatic carbocycles. The minimum atomic E-state index is -0.644. The first-order chi connectivity index (χ1) is 14.6. The number of ether oxygens (including phenoxy) is 1. The third-order valence-electron chi connectivity index (χ3n) is 5.99. The van der Waals surface area contributed by atoms with Crippen LogP contribution in [0.15, 0.2) is 36.4 Å². The number of rotatable bonds is 4. The molecule has 30 heavy (non-hydrogen) atoms. The van der Waals surface area contributed by atoms with Crippen molar-refractivity contribution in [2.24, 2.45) is 0 Å². The van der Waals surface area contributed by atoms with Crippen LogP contribution in [0.5, 0.6) is 11.5 Å². The van der Waals surface area contributed by atoms with Crippen LogP contribution < -0.4 is 20.5 Å². The van der Waals surface area contributed by atoms with Gasteiger partial charge in [-0.1, -0.05) is 12.1 Å². The van der Waals surface area contributed by atoms with E-state index in [9.17, 15) is 14.3 Å². The number of phenols is 1. The number of aromatic hydroxyl groups is 1. The van der Waals surface area contributed by atoms with Gasteiger partial charge in [0.15, 0.2) is 6.10 Å². The van der Waals surface area contributed by atoms with E-state index in [1.54, 1.807) is 24.3 Å². The Kier molecular flexibility index (Phi) is 4.85. The molecule has 0 spiro atoms. The zero-order valence-corrected chi connectivity index (χ0v) is 16.7. The number of hydrogen-bond donors (Lipinski definition) is 2. The van der Waals surface area contributed by atoms with Gasteiger partial charge < -0.3 is 20.1 Å². The van der Waals surface area contributed by atoms with Crippen molar-refractivity contribution in [3.63, 3.8) is 0 Å². The van der Waals surface area contributed by atoms with Gasteiger partial charge in [-0.25, -0.2) is 4.39 Å². The van der Waals surface area contributed by atoms with Crippen LogP contribution in [-0.2, 0) is 4.79 Å². The van der Waals surface area contributed by atoms with Gasteiger partial charge in [-0.2, -0.15) is 0 Å². The summed E-state index contributed by atoms with van der Waals surface area (Å²) in [5.41, 5.74) is 1.18. The van der Waals surface area contributed by atoms with Gasteiger partial charge >= 0.3 is 0 Å². The third kappa shape index (κ3) is 3.62. The van der Waals surface area contributed by atoms with E-state index >= 15 is 0 Å². The van der Waals surface area contributed by atoms with E-state index in [2.05, 4.69) is 10.2 Å². The number of amides is 1. The van der Waals surface area contributed by atoms with E-state index in [1.807, 2.05) is 6.20 Å². The first-order valence-corrected chi connectivity index (χ1v) is 10.7. The number of halogens is 1. The fourth-order valence-corrected chi connectivity index (χ4v) is 4.24. The number of benzene rings is 2. The van der Waals surface area contributed by atoms with Crippen LogP contribution in [0, 0.1) is 5.82 Å². The lowest BCUT2D eigenvalue weighted by Crippen LogP contribution is -2.37. The molecule has 5 nitrogen and oxygen atoms in total. The second-order valence-corrected chi connectivity index (χ2v) is 8.31. The molecule has 2 aromatic rings. The number of hydrogen-bond acceptors (Lipinski definition) is 4. The molecule has 156 valence electrons. The topological polar surface area (TPSA) is 61.8 Å². The Morgan fingerprint density at radius 3 is 2.53 bits per heavy atom. The lowest BCUT2D eigenvalue weighted by atomic mass is 9.99. The smallest absolute Gasteiger partial charge is 0.252 e. The molecule has 1 saturated carbocycles. The van der Waals surface area contributed by atoms with Crippen molar-refractivity contribution in [1.29, 1.82) is 0 Å². The Balaban J connectivity index is 1.69. The number of carbonyl (C=O) groups excluding carboxylic acids is 1. The summed E-state index contributed by atoms with van der Waals surface area (Å²) in [6, 6.07) is 9.53. The van der Waals surface area contributed by atoms with Crippen molar-refractivity contribution in [3.05, 3.63) is 58.2 Å². The number of phenolic OH excluding ortho intramolecular Hbond substituents is 1. The van der Waals surface area contributed by atoms with Gasteiger partial charge in [0.05, 0.1) is 5.57 Å². The summed E-state index contributed by atoms with van der Waals surface area (Å²) >= 11 is 0. The molecule has 2 N–H and O–H groups in total. The molecule has 2 heterocycles. The minimum Gasteiger partial charge on any atom is -0.507 e. The molecule has 3 aliphatic rings. The van der Waals surface area contributed by atoms with E-state index < -0.39 is 6.10 Å². The number of fused-ring (bicyclic) bond motifs is 1. The first-order valence-electron chi connectivity index (χ1n) is 10.7. The normalized spacial score (nSPS) is 21.4. The Labute approximate surface area is 174 Å². The molecule has 2 aromatic carbocycles. The van der Waals surface area contributed by atoms with E-state index in [1.165, 1.54) is 18.6 Å². The molecule has 5 rings (SSSR count). The van der Waals surface area contributed by atoms with Crippen LogP contribution in [0.1, 0.15) is 43.8 Å². The Morgan fingerprint density at radius 2 is 1.83 bits per heavy atom. The zero-order chi connectivity index (χ0) is 20.7. The number of likely N-dealkylation sites (tertiary alicyclic amines) is 1. The monoisotopic (exact) mass is 408 g/mol. The standard InChI is InChI=1S/C24H25FN2O3/c25-16-6-4-15(5-7-16)23-22(24(29)26-17-8-9-17)21-18(14-27-12-2-1-3-13-27)19(28)10-11-20(21)30-23/h4-7,10-11,14,17,23,28H,1-3,8-9,12-13H2,(H,26,29). The summed E-state index contributed by atoms with van der Waals surface area (Å²) < 4.78 is 19.7. The Hall–Kier alpha value is -3.02. The fourth-order valence-electron chi connectivity index (χ4n) is 4.24. The average Bonchev–Trinajstić information content (AvgIpc) is 3.48. The lowest BCUT2D eigenvalue weighted by molar-refractivity contribution is -0.116. The molecule has 1 atom stereocenters. The van der Waals surface area contributed by atoms with Crippen molar-refractivity contribution in [2.75, 3.05) is 13.1 Å². The van der Waals surface area contributed by atoms with E-state index in [4.69, 9.17) is 4.74 Å². The van der Waals surface area contributed by atoms with Crippen molar-refractivity contribution in [3.8, 4) is 11.5 Å². The molecule has 1 saturated heterocycles. The van der Waals surface area contributed by atoms with Crippen LogP contribution in [-0.4, -0.2) is 35.0 Å². The maximum atomic E-state index is 13.5. The maximum Gasteiger partial charge on any atom is 0.252 e. The highest BCUT2D eigenvalue weighted by atomic mass is 19.1. The largest absolute Gasteiger partial charge is 0.507 e. The van der Waals surface area contributed by atoms with Crippen LogP contribution >= 0.6 is 0 Å². The zero-order valence-electron chi connectivity index (χ0n) is 16.7. The molecule has 2 fully saturated rings. The van der Waals surface area contributed by atoms with Crippen LogP contribution in [0.2, 0.25) is 0 Å². The quantitative estimate of drug-likeness (QED) is 0.815. The van der Waals surface area contributed by atoms with Crippen LogP contribution in [0.25, 0.3) is 11.8 Å². The molecule has 0 aromatic heterocycles. The van der Waals surface area contributed by atoms with Crippen molar-refractivity contribution >= 4 is 17.7 Å². The second kappa shape index (κ2) is 7.67. The minimum absolute atomic E-state index is 0.124. The van der Waals surface area contributed by atoms with E-state index in [0.717, 1.165) is 38.8 Å². The van der Waals surface area contributed by atoms with Crippen molar-refractivity contribution < 1.29 is 19.0 Å². The lowest BCUT2D eigenvalue weighted by Gasteiger charge is -2.24. The van der Waals surface area contributed by atoms with Gasteiger partial charge in [0.1, 0.15) is 17.3 Å². The Morgan fingerprint density at radius 1 is 1.10 bits per heavy atom. The van der Waals surface area contributed by atoms with Crippen LogP contribution in [0.3, 0.4) is 0 Å². The van der Waals surface area contributed by atoms with Gasteiger partial charge in [-0.05, 0) is 61.9 Å². The predicted octanol–water partition coefficient (Wildman–Crippen LogP) is 2.32. The molecule has 2 aliphatic heterocycles. The number of piperidine rings is 1. The highest BCUT2D eigenvalue weighted by Gasteiger charge is 2.35. The van der Waals surface area contributed by atoms with E-state index in [0.29, 0.717) is 27.3 Å². The summed E-state index contributed by atoms with van der Waals surface area (Å²) in [5.74, 6) is 0.158. The second-order valence-electron chi connectivity index (χ2n) is 8.31. The summed E-state index contributed by atoms with van der Waals surface area (Å²) in [6.07, 6.45) is 6.68. The molecule has 1 amide bonds. The summed E-state index contributed by atoms with van der Waals surface area (Å²) in [6.45, 7) is 1.85. The molecular weight excluding hydrogens is 383 g/mol. The molecule has 6 heteroatoms. The number of carbonyl (C=O) groups is 1. The van der Waals surface area contributed by atoms with Gasteiger partial charge in [0, 0.05) is 35.8 Å². The number of nitrogens with zero attached hydrogens (tertiary/aromatic N) is 1. The summed E-state index contributed by atoms with van der Waals surface area (Å²) in [7, 11) is 0. The van der Waals surface area contributed by atoms with Gasteiger partial charge in [0.2, 0.25) is 0 Å². The van der Waals surface area contributed by atoms with Crippen LogP contribution in [0.4, 0.5) is 4.39 Å². The first kappa shape index (κ1) is 19.0. The van der Waals surface area contributed by atoms with Crippen molar-refractivity contribution in [2.45, 2.75) is 44.2 Å². The summed E-state index contributed by atoms with van der Waals surface area (Å²) in [5, 5.41) is 15.0. The Bertz CT molecular complexity index is 1090. The fraction of sp³-hybridized carbons (Fsp3) is 0.375. The van der Waals surface area contributed by atoms with Gasteiger partial charge in [-0.3, -0.25) is 4.79 Å². The molecule has 0 radical (unpaired) electrons. The maximum absolute atomic E-state index is 13.5. The highest BCUT2D eigenvalue weighted by Crippen LogP contribution is 2.34. The van der Waals surface area contributed by atoms with Gasteiger partial charge in [-0.15, -0.1) is 0 Å². The third-order valence-corrected chi connectivity index (χ3v) is 5.99. The van der Waals surface area contributed by atoms with E-state index in [-0.39, 0.29) is 23.5 Å². The highest BCUT2D eigenvalue weighted by molar-refractivity contribution is 6.16. The SMILES string of the molecule is O=C(NC1CC1)C1=c2c(ccc(O)c2=CN2CCCCC2)OC1c1ccc(F)cc1. The molecular formula is C24H25FN2O3. The van der Waals surface area contributed by atoms with Crippen molar-refractivity contribution in [1.82, 2.24) is 10.2 Å². The predicted molar refractivity (Wildman–Crippen MR) is 112 cm³/mol. The van der Waals surface area contributed by atoms with Gasteiger partial charge in [0.25, 0.3) is 5.91 Å². The molecule has 1 unspecified atom stereocenters. The molecule has 0 bridgehead atoms. The number of nitrogens with one attached hydrogen (secondary N) is 1.